The van der Waals surface area contributed by atoms with Crippen LogP contribution in [0.5, 0.6) is 0 Å². The molecule has 0 heterocycles. The largest absolute Gasteiger partial charge is 0.481 e. The molecule has 4 heteroatoms. The number of carboxylic acid groups (broad SMARTS) is 1. The molecule has 0 saturated carbocycles. The molecule has 3 nitrogen and oxygen atoms in total. The first kappa shape index (κ1) is 11.2. The number of carbonyl (C=O) groups is 2. The number of rotatable bonds is 7. The van der Waals surface area contributed by atoms with E-state index in [2.05, 4.69) is 6.58 Å². The van der Waals surface area contributed by atoms with Crippen molar-refractivity contribution < 1.29 is 14.7 Å². The van der Waals surface area contributed by atoms with Gasteiger partial charge in [-0.25, -0.2) is 0 Å². The van der Waals surface area contributed by atoms with Gasteiger partial charge >= 0.3 is 5.97 Å². The molecule has 0 fully saturated rings. The average Bonchev–Trinajstić information content (AvgIpc) is 2.00. The molecule has 0 aliphatic carbocycles. The topological polar surface area (TPSA) is 54.4 Å². The van der Waals surface area contributed by atoms with Crippen molar-refractivity contribution in [2.75, 3.05) is 5.75 Å². The van der Waals surface area contributed by atoms with Crippen LogP contribution in [0, 0.1) is 0 Å². The van der Waals surface area contributed by atoms with Crippen LogP contribution in [0.25, 0.3) is 0 Å². The Morgan fingerprint density at radius 3 is 2.75 bits per heavy atom. The maximum atomic E-state index is 10.3. The van der Waals surface area contributed by atoms with Crippen LogP contribution in [-0.2, 0) is 9.59 Å². The van der Waals surface area contributed by atoms with Crippen LogP contribution < -0.4 is 0 Å². The summed E-state index contributed by atoms with van der Waals surface area (Å²) >= 11 is 1.35. The minimum Gasteiger partial charge on any atom is -0.481 e. The summed E-state index contributed by atoms with van der Waals surface area (Å²) in [7, 11) is 0. The van der Waals surface area contributed by atoms with E-state index in [-0.39, 0.29) is 11.7 Å². The number of aldehydes is 1. The molecule has 0 amide bonds. The molecule has 0 aromatic carbocycles. The molecule has 0 aromatic rings. The lowest BCUT2D eigenvalue weighted by atomic mass is 10.2. The maximum Gasteiger partial charge on any atom is 0.304 e. The highest BCUT2D eigenvalue weighted by atomic mass is 32.2. The molecule has 0 aliphatic heterocycles. The summed E-state index contributed by atoms with van der Waals surface area (Å²) in [6.07, 6.45) is 3.17. The Morgan fingerprint density at radius 2 is 2.33 bits per heavy atom. The third-order valence-corrected chi connectivity index (χ3v) is 2.39. The van der Waals surface area contributed by atoms with Gasteiger partial charge in [0.15, 0.2) is 0 Å². The van der Waals surface area contributed by atoms with E-state index in [4.69, 9.17) is 5.11 Å². The van der Waals surface area contributed by atoms with E-state index in [0.29, 0.717) is 12.2 Å². The Labute approximate surface area is 75.8 Å². The Morgan fingerprint density at radius 1 is 1.67 bits per heavy atom. The molecule has 1 atom stereocenters. The van der Waals surface area contributed by atoms with Crippen molar-refractivity contribution in [3.05, 3.63) is 12.7 Å². The first-order chi connectivity index (χ1) is 5.70. The Balaban J connectivity index is 3.75. The molecule has 12 heavy (non-hydrogen) atoms. The van der Waals surface area contributed by atoms with Crippen molar-refractivity contribution in [1.29, 1.82) is 0 Å². The van der Waals surface area contributed by atoms with E-state index in [1.807, 2.05) is 0 Å². The molecule has 0 aliphatic rings. The zero-order valence-electron chi connectivity index (χ0n) is 6.73. The van der Waals surface area contributed by atoms with Crippen LogP contribution in [0.3, 0.4) is 0 Å². The van der Waals surface area contributed by atoms with E-state index in [9.17, 15) is 9.59 Å². The first-order valence-corrected chi connectivity index (χ1v) is 4.63. The molecule has 68 valence electrons. The minimum atomic E-state index is -0.833. The molecular weight excluding hydrogens is 176 g/mol. The lowest BCUT2D eigenvalue weighted by Gasteiger charge is -2.09. The highest BCUT2D eigenvalue weighted by molar-refractivity contribution is 8.00. The van der Waals surface area contributed by atoms with Gasteiger partial charge in [0, 0.05) is 11.0 Å². The van der Waals surface area contributed by atoms with Gasteiger partial charge in [0.1, 0.15) is 6.29 Å². The Bertz CT molecular complexity index is 168. The fourth-order valence-corrected chi connectivity index (χ4v) is 1.65. The van der Waals surface area contributed by atoms with Crippen LogP contribution in [0.2, 0.25) is 0 Å². The van der Waals surface area contributed by atoms with Crippen LogP contribution in [0.1, 0.15) is 12.8 Å². The second-order valence-corrected chi connectivity index (χ2v) is 3.58. The van der Waals surface area contributed by atoms with Crippen LogP contribution in [0.15, 0.2) is 12.7 Å². The average molecular weight is 188 g/mol. The van der Waals surface area contributed by atoms with Gasteiger partial charge in [-0.1, -0.05) is 6.08 Å². The third kappa shape index (κ3) is 5.97. The van der Waals surface area contributed by atoms with Crippen LogP contribution in [-0.4, -0.2) is 28.4 Å². The first-order valence-electron chi connectivity index (χ1n) is 3.58. The van der Waals surface area contributed by atoms with Crippen molar-refractivity contribution in [2.24, 2.45) is 0 Å². The summed E-state index contributed by atoms with van der Waals surface area (Å²) in [6, 6.07) is 0. The number of thioether (sulfide) groups is 1. The molecule has 0 saturated heterocycles. The summed E-state index contributed by atoms with van der Waals surface area (Å²) in [6.45, 7) is 3.52. The predicted octanol–water partition coefficient (Wildman–Crippen LogP) is 1.34. The van der Waals surface area contributed by atoms with Gasteiger partial charge in [0.2, 0.25) is 0 Å². The molecule has 1 unspecified atom stereocenters. The van der Waals surface area contributed by atoms with Crippen molar-refractivity contribution in [3.63, 3.8) is 0 Å². The minimum absolute atomic E-state index is 0.0230. The SMILES string of the molecule is C=CCC(CC(=O)O)SCC=O. The Kier molecular flexibility index (Phi) is 6.47. The summed E-state index contributed by atoms with van der Waals surface area (Å²) in [4.78, 5) is 20.3. The highest BCUT2D eigenvalue weighted by Gasteiger charge is 2.11. The smallest absolute Gasteiger partial charge is 0.304 e. The van der Waals surface area contributed by atoms with Gasteiger partial charge in [0.05, 0.1) is 6.42 Å². The fraction of sp³-hybridized carbons (Fsp3) is 0.500. The zero-order valence-corrected chi connectivity index (χ0v) is 7.55. The van der Waals surface area contributed by atoms with Gasteiger partial charge in [-0.15, -0.1) is 6.58 Å². The monoisotopic (exact) mass is 188 g/mol. The van der Waals surface area contributed by atoms with Crippen molar-refractivity contribution in [2.45, 2.75) is 18.1 Å². The quantitative estimate of drug-likeness (QED) is 0.484. The molecule has 0 rings (SSSR count). The molecular formula is C8H12O3S. The molecule has 1 N–H and O–H groups in total. The third-order valence-electron chi connectivity index (χ3n) is 1.23. The number of carboxylic acids is 1. The van der Waals surface area contributed by atoms with E-state index in [0.717, 1.165) is 6.29 Å². The second-order valence-electron chi connectivity index (χ2n) is 2.24. The fourth-order valence-electron chi connectivity index (χ4n) is 0.766. The van der Waals surface area contributed by atoms with Gasteiger partial charge in [-0.05, 0) is 6.42 Å². The lowest BCUT2D eigenvalue weighted by Crippen LogP contribution is -2.09. The summed E-state index contributed by atoms with van der Waals surface area (Å²) in [5, 5.41) is 8.45. The summed E-state index contributed by atoms with van der Waals surface area (Å²) in [5.41, 5.74) is 0. The van der Waals surface area contributed by atoms with E-state index in [1.165, 1.54) is 11.8 Å². The number of hydrogen-bond donors (Lipinski definition) is 1. The normalized spacial score (nSPS) is 12.0. The van der Waals surface area contributed by atoms with Crippen LogP contribution in [0.4, 0.5) is 0 Å². The predicted molar refractivity (Wildman–Crippen MR) is 49.4 cm³/mol. The maximum absolute atomic E-state index is 10.3. The van der Waals surface area contributed by atoms with Gasteiger partial charge in [0.25, 0.3) is 0 Å². The molecule has 0 aromatic heterocycles. The van der Waals surface area contributed by atoms with E-state index < -0.39 is 5.97 Å². The number of carbonyl (C=O) groups excluding carboxylic acids is 1. The van der Waals surface area contributed by atoms with Crippen molar-refractivity contribution >= 4 is 24.0 Å². The van der Waals surface area contributed by atoms with Gasteiger partial charge < -0.3 is 9.90 Å². The summed E-state index contributed by atoms with van der Waals surface area (Å²) < 4.78 is 0. The Hall–Kier alpha value is -0.770. The van der Waals surface area contributed by atoms with Crippen LogP contribution >= 0.6 is 11.8 Å². The lowest BCUT2D eigenvalue weighted by molar-refractivity contribution is -0.137. The second kappa shape index (κ2) is 6.91. The van der Waals surface area contributed by atoms with Gasteiger partial charge in [-0.3, -0.25) is 4.79 Å². The number of allylic oxidation sites excluding steroid dienone is 1. The number of aliphatic carboxylic acids is 1. The van der Waals surface area contributed by atoms with Crippen molar-refractivity contribution in [1.82, 2.24) is 0 Å². The van der Waals surface area contributed by atoms with E-state index in [1.54, 1.807) is 6.08 Å². The molecule has 0 bridgehead atoms. The van der Waals surface area contributed by atoms with Gasteiger partial charge in [-0.2, -0.15) is 11.8 Å². The van der Waals surface area contributed by atoms with E-state index >= 15 is 0 Å². The summed E-state index contributed by atoms with van der Waals surface area (Å²) in [5.74, 6) is -0.480. The molecule has 0 radical (unpaired) electrons. The highest BCUT2D eigenvalue weighted by Crippen LogP contribution is 2.17. The zero-order chi connectivity index (χ0) is 9.40. The van der Waals surface area contributed by atoms with Crippen molar-refractivity contribution in [3.8, 4) is 0 Å². The standard InChI is InChI=1S/C8H12O3S/c1-2-3-7(6-8(10)11)12-5-4-9/h2,4,7H,1,3,5-6H2,(H,10,11). The molecule has 0 spiro atoms. The number of hydrogen-bond acceptors (Lipinski definition) is 3.